The largest absolute Gasteiger partial charge is 0.279 e. The molecule has 0 spiro atoms. The molecule has 1 aromatic heterocycles. The van der Waals surface area contributed by atoms with Gasteiger partial charge in [-0.1, -0.05) is 18.7 Å². The van der Waals surface area contributed by atoms with E-state index in [1.165, 1.54) is 18.0 Å². The second kappa shape index (κ2) is 4.13. The highest BCUT2D eigenvalue weighted by atomic mass is 32.2. The highest BCUT2D eigenvalue weighted by Crippen LogP contribution is 2.19. The smallest absolute Gasteiger partial charge is 0.273 e. The predicted molar refractivity (Wildman–Crippen MR) is 57.7 cm³/mol. The summed E-state index contributed by atoms with van der Waals surface area (Å²) < 4.78 is 1.67. The molecule has 0 aliphatic heterocycles. The molecular weight excluding hydrogens is 198 g/mol. The van der Waals surface area contributed by atoms with E-state index in [0.717, 1.165) is 5.75 Å². The van der Waals surface area contributed by atoms with Gasteiger partial charge in [0.25, 0.3) is 5.56 Å². The summed E-state index contributed by atoms with van der Waals surface area (Å²) in [5.41, 5.74) is -0.340. The standard InChI is InChI=1S/C9H15N3OS/c1-5-14-8-11-10-6-7(13)12(8)9(2,3)4/h6H,5H2,1-4H3. The number of hydrogen-bond acceptors (Lipinski definition) is 4. The van der Waals surface area contributed by atoms with E-state index in [4.69, 9.17) is 0 Å². The van der Waals surface area contributed by atoms with Crippen LogP contribution in [0.2, 0.25) is 0 Å². The van der Waals surface area contributed by atoms with Crippen molar-refractivity contribution >= 4 is 11.8 Å². The molecule has 0 radical (unpaired) electrons. The zero-order chi connectivity index (χ0) is 10.8. The average molecular weight is 213 g/mol. The van der Waals surface area contributed by atoms with E-state index >= 15 is 0 Å². The second-order valence-corrected chi connectivity index (χ2v) is 5.14. The Morgan fingerprint density at radius 2 is 2.14 bits per heavy atom. The maximum atomic E-state index is 11.6. The van der Waals surface area contributed by atoms with Crippen LogP contribution in [-0.4, -0.2) is 20.5 Å². The van der Waals surface area contributed by atoms with Crippen LogP contribution in [0.25, 0.3) is 0 Å². The fourth-order valence-corrected chi connectivity index (χ4v) is 2.02. The first-order chi connectivity index (χ1) is 6.46. The Balaban J connectivity index is 3.30. The van der Waals surface area contributed by atoms with Gasteiger partial charge < -0.3 is 0 Å². The molecule has 0 aliphatic rings. The molecule has 5 heteroatoms. The maximum Gasteiger partial charge on any atom is 0.273 e. The average Bonchev–Trinajstić information content (AvgIpc) is 2.02. The lowest BCUT2D eigenvalue weighted by atomic mass is 10.1. The van der Waals surface area contributed by atoms with Gasteiger partial charge in [0.1, 0.15) is 6.20 Å². The van der Waals surface area contributed by atoms with E-state index in [1.54, 1.807) is 4.57 Å². The summed E-state index contributed by atoms with van der Waals surface area (Å²) in [6.45, 7) is 7.97. The molecule has 0 saturated heterocycles. The quantitative estimate of drug-likeness (QED) is 0.699. The molecule has 0 N–H and O–H groups in total. The molecule has 0 aliphatic carbocycles. The van der Waals surface area contributed by atoms with Gasteiger partial charge in [0.2, 0.25) is 0 Å². The Labute approximate surface area is 87.7 Å². The summed E-state index contributed by atoms with van der Waals surface area (Å²) in [6.07, 6.45) is 1.25. The molecule has 0 bridgehead atoms. The molecule has 1 heterocycles. The van der Waals surface area contributed by atoms with E-state index in [1.807, 2.05) is 27.7 Å². The number of hydrogen-bond donors (Lipinski definition) is 0. The Bertz CT molecular complexity index is 367. The topological polar surface area (TPSA) is 47.8 Å². The maximum absolute atomic E-state index is 11.6. The zero-order valence-electron chi connectivity index (χ0n) is 8.94. The first-order valence-corrected chi connectivity index (χ1v) is 5.53. The Morgan fingerprint density at radius 1 is 1.50 bits per heavy atom. The Morgan fingerprint density at radius 3 is 2.64 bits per heavy atom. The van der Waals surface area contributed by atoms with Crippen LogP contribution in [0, 0.1) is 0 Å². The first-order valence-electron chi connectivity index (χ1n) is 4.55. The van der Waals surface area contributed by atoms with Crippen molar-refractivity contribution < 1.29 is 0 Å². The van der Waals surface area contributed by atoms with Crippen molar-refractivity contribution in [2.45, 2.75) is 38.4 Å². The molecule has 4 nitrogen and oxygen atoms in total. The van der Waals surface area contributed by atoms with Crippen LogP contribution in [0.15, 0.2) is 16.1 Å². The molecule has 0 atom stereocenters. The van der Waals surface area contributed by atoms with E-state index in [-0.39, 0.29) is 11.1 Å². The van der Waals surface area contributed by atoms with Crippen LogP contribution in [0.5, 0.6) is 0 Å². The third-order valence-electron chi connectivity index (χ3n) is 1.67. The lowest BCUT2D eigenvalue weighted by Gasteiger charge is -2.23. The summed E-state index contributed by atoms with van der Waals surface area (Å²) in [7, 11) is 0. The number of thioether (sulfide) groups is 1. The summed E-state index contributed by atoms with van der Waals surface area (Å²) in [6, 6.07) is 0. The number of nitrogens with zero attached hydrogens (tertiary/aromatic N) is 3. The molecule has 14 heavy (non-hydrogen) atoms. The molecule has 1 aromatic rings. The predicted octanol–water partition coefficient (Wildman–Crippen LogP) is 1.51. The van der Waals surface area contributed by atoms with Crippen molar-refractivity contribution in [3.05, 3.63) is 16.6 Å². The van der Waals surface area contributed by atoms with Crippen molar-refractivity contribution in [3.63, 3.8) is 0 Å². The second-order valence-electron chi connectivity index (χ2n) is 3.90. The zero-order valence-corrected chi connectivity index (χ0v) is 9.76. The van der Waals surface area contributed by atoms with Gasteiger partial charge in [-0.3, -0.25) is 9.36 Å². The molecule has 78 valence electrons. The first kappa shape index (κ1) is 11.2. The monoisotopic (exact) mass is 213 g/mol. The van der Waals surface area contributed by atoms with Crippen LogP contribution in [0.3, 0.4) is 0 Å². The van der Waals surface area contributed by atoms with Crippen LogP contribution in [0.4, 0.5) is 0 Å². The third-order valence-corrected chi connectivity index (χ3v) is 2.48. The van der Waals surface area contributed by atoms with Gasteiger partial charge in [-0.25, -0.2) is 0 Å². The highest BCUT2D eigenvalue weighted by Gasteiger charge is 2.19. The minimum absolute atomic E-state index is 0.0940. The molecule has 0 aromatic carbocycles. The van der Waals surface area contributed by atoms with E-state index in [2.05, 4.69) is 10.2 Å². The molecule has 0 saturated carbocycles. The van der Waals surface area contributed by atoms with Crippen LogP contribution in [-0.2, 0) is 5.54 Å². The van der Waals surface area contributed by atoms with Gasteiger partial charge in [0.15, 0.2) is 5.16 Å². The normalized spacial score (nSPS) is 11.7. The molecule has 1 rings (SSSR count). The minimum atomic E-state index is -0.246. The summed E-state index contributed by atoms with van der Waals surface area (Å²) in [4.78, 5) is 11.6. The van der Waals surface area contributed by atoms with Crippen molar-refractivity contribution in [3.8, 4) is 0 Å². The molecular formula is C9H15N3OS. The fourth-order valence-electron chi connectivity index (χ4n) is 1.16. The van der Waals surface area contributed by atoms with Gasteiger partial charge in [0, 0.05) is 5.54 Å². The Kier molecular flexibility index (Phi) is 3.31. The van der Waals surface area contributed by atoms with Crippen molar-refractivity contribution in [2.75, 3.05) is 5.75 Å². The minimum Gasteiger partial charge on any atom is -0.279 e. The van der Waals surface area contributed by atoms with E-state index < -0.39 is 0 Å². The van der Waals surface area contributed by atoms with Crippen LogP contribution in [0.1, 0.15) is 27.7 Å². The van der Waals surface area contributed by atoms with Gasteiger partial charge in [-0.2, -0.15) is 5.10 Å². The molecule has 0 fully saturated rings. The lowest BCUT2D eigenvalue weighted by Crippen LogP contribution is -2.35. The summed E-state index contributed by atoms with van der Waals surface area (Å²) in [5, 5.41) is 8.33. The van der Waals surface area contributed by atoms with Gasteiger partial charge >= 0.3 is 0 Å². The molecule has 0 unspecified atom stereocenters. The Hall–Kier alpha value is -0.840. The summed E-state index contributed by atoms with van der Waals surface area (Å²) >= 11 is 1.53. The highest BCUT2D eigenvalue weighted by molar-refractivity contribution is 7.99. The van der Waals surface area contributed by atoms with E-state index in [9.17, 15) is 4.79 Å². The van der Waals surface area contributed by atoms with Crippen LogP contribution >= 0.6 is 11.8 Å². The SMILES string of the molecule is CCSc1nncc(=O)n1C(C)(C)C. The van der Waals surface area contributed by atoms with Crippen molar-refractivity contribution in [1.29, 1.82) is 0 Å². The number of aromatic nitrogens is 3. The van der Waals surface area contributed by atoms with Crippen LogP contribution < -0.4 is 5.56 Å². The van der Waals surface area contributed by atoms with Crippen molar-refractivity contribution in [2.24, 2.45) is 0 Å². The lowest BCUT2D eigenvalue weighted by molar-refractivity contribution is 0.340. The number of rotatable bonds is 2. The third kappa shape index (κ3) is 2.35. The van der Waals surface area contributed by atoms with Gasteiger partial charge in [-0.15, -0.1) is 5.10 Å². The molecule has 0 amide bonds. The summed E-state index contributed by atoms with van der Waals surface area (Å²) in [5.74, 6) is 0.883. The van der Waals surface area contributed by atoms with Crippen molar-refractivity contribution in [1.82, 2.24) is 14.8 Å². The van der Waals surface area contributed by atoms with Gasteiger partial charge in [-0.05, 0) is 26.5 Å². The van der Waals surface area contributed by atoms with Gasteiger partial charge in [0.05, 0.1) is 0 Å². The fraction of sp³-hybridized carbons (Fsp3) is 0.667. The van der Waals surface area contributed by atoms with E-state index in [0.29, 0.717) is 5.16 Å².